The van der Waals surface area contributed by atoms with E-state index in [2.05, 4.69) is 5.32 Å². The van der Waals surface area contributed by atoms with Gasteiger partial charge in [0, 0.05) is 6.04 Å². The van der Waals surface area contributed by atoms with E-state index in [1.54, 1.807) is 5.32 Å². The fourth-order valence-electron chi connectivity index (χ4n) is 2.02. The minimum absolute atomic E-state index is 0.269. The lowest BCUT2D eigenvalue weighted by Gasteiger charge is -2.13. The van der Waals surface area contributed by atoms with Gasteiger partial charge >= 0.3 is 12.1 Å². The van der Waals surface area contributed by atoms with Crippen molar-refractivity contribution in [3.63, 3.8) is 0 Å². The van der Waals surface area contributed by atoms with Crippen molar-refractivity contribution < 1.29 is 32.7 Å². The van der Waals surface area contributed by atoms with Crippen LogP contribution in [0, 0.1) is 5.92 Å². The highest BCUT2D eigenvalue weighted by molar-refractivity contribution is 5.97. The molecule has 6 nitrogen and oxygen atoms in total. The van der Waals surface area contributed by atoms with Crippen LogP contribution in [-0.2, 0) is 14.4 Å². The summed E-state index contributed by atoms with van der Waals surface area (Å²) in [5, 5.41) is 12.8. The van der Waals surface area contributed by atoms with Gasteiger partial charge in [-0.05, 0) is 19.3 Å². The largest absolute Gasteiger partial charge is 0.481 e. The first-order valence-electron chi connectivity index (χ1n) is 6.03. The molecule has 0 saturated heterocycles. The van der Waals surface area contributed by atoms with E-state index in [0.29, 0.717) is 12.8 Å². The van der Waals surface area contributed by atoms with Gasteiger partial charge in [-0.3, -0.25) is 14.4 Å². The summed E-state index contributed by atoms with van der Waals surface area (Å²) in [5.41, 5.74) is 0. The molecule has 0 spiro atoms. The molecule has 2 amide bonds. The number of halogens is 3. The lowest BCUT2D eigenvalue weighted by Crippen LogP contribution is -2.39. The van der Waals surface area contributed by atoms with Crippen molar-refractivity contribution >= 4 is 17.8 Å². The molecule has 1 rings (SSSR count). The number of carboxylic acids is 1. The van der Waals surface area contributed by atoms with Crippen LogP contribution >= 0.6 is 0 Å². The Balaban J connectivity index is 2.27. The number of hydrogen-bond donors (Lipinski definition) is 3. The molecule has 9 heteroatoms. The number of carbonyl (C=O) groups is 3. The maximum atomic E-state index is 11.8. The van der Waals surface area contributed by atoms with Crippen molar-refractivity contribution in [3.8, 4) is 0 Å². The molecule has 0 heterocycles. The third-order valence-electron chi connectivity index (χ3n) is 2.95. The number of hydrogen-bond acceptors (Lipinski definition) is 3. The van der Waals surface area contributed by atoms with Crippen molar-refractivity contribution in [1.82, 2.24) is 10.6 Å². The molecule has 2 atom stereocenters. The number of aliphatic carboxylic acids is 1. The molecule has 0 aliphatic heterocycles. The minimum Gasteiger partial charge on any atom is -0.481 e. The van der Waals surface area contributed by atoms with Gasteiger partial charge in [-0.15, -0.1) is 0 Å². The second-order valence-electron chi connectivity index (χ2n) is 4.68. The predicted octanol–water partition coefficient (Wildman–Crippen LogP) is 0.424. The Morgan fingerprint density at radius 3 is 2.30 bits per heavy atom. The van der Waals surface area contributed by atoms with Crippen LogP contribution in [0.5, 0.6) is 0 Å². The first kappa shape index (κ1) is 16.3. The Bertz CT molecular complexity index is 398. The topological polar surface area (TPSA) is 95.5 Å². The number of nitrogens with one attached hydrogen (secondary N) is 2. The third kappa shape index (κ3) is 5.89. The van der Waals surface area contributed by atoms with Gasteiger partial charge in [-0.2, -0.15) is 13.2 Å². The number of carboxylic acid groups (broad SMARTS) is 1. The molecule has 1 fully saturated rings. The Kier molecular flexibility index (Phi) is 5.34. The van der Waals surface area contributed by atoms with Crippen LogP contribution in [0.3, 0.4) is 0 Å². The summed E-state index contributed by atoms with van der Waals surface area (Å²) in [5.74, 6) is -3.20. The van der Waals surface area contributed by atoms with Gasteiger partial charge in [0.25, 0.3) is 0 Å². The number of amides is 2. The molecule has 0 bridgehead atoms. The predicted molar refractivity (Wildman–Crippen MR) is 60.6 cm³/mol. The Morgan fingerprint density at radius 2 is 1.80 bits per heavy atom. The second kappa shape index (κ2) is 6.58. The highest BCUT2D eigenvalue weighted by Crippen LogP contribution is 2.25. The van der Waals surface area contributed by atoms with E-state index >= 15 is 0 Å². The summed E-state index contributed by atoms with van der Waals surface area (Å²) < 4.78 is 35.5. The normalized spacial score (nSPS) is 22.4. The van der Waals surface area contributed by atoms with Gasteiger partial charge in [0.15, 0.2) is 0 Å². The third-order valence-corrected chi connectivity index (χ3v) is 2.95. The average Bonchev–Trinajstić information content (AvgIpc) is 2.74. The highest BCUT2D eigenvalue weighted by Gasteiger charge is 2.31. The van der Waals surface area contributed by atoms with Crippen LogP contribution < -0.4 is 10.6 Å². The molecule has 1 saturated carbocycles. The van der Waals surface area contributed by atoms with Crippen LogP contribution in [0.2, 0.25) is 0 Å². The van der Waals surface area contributed by atoms with Gasteiger partial charge < -0.3 is 15.7 Å². The van der Waals surface area contributed by atoms with Crippen molar-refractivity contribution in [2.45, 2.75) is 37.9 Å². The lowest BCUT2D eigenvalue weighted by molar-refractivity contribution is -0.142. The minimum atomic E-state index is -4.52. The number of alkyl halides is 3. The molecule has 0 aromatic carbocycles. The molecule has 0 aromatic heterocycles. The van der Waals surface area contributed by atoms with E-state index in [4.69, 9.17) is 5.11 Å². The van der Waals surface area contributed by atoms with Crippen LogP contribution in [0.4, 0.5) is 13.2 Å². The van der Waals surface area contributed by atoms with Crippen LogP contribution in [-0.4, -0.2) is 41.7 Å². The summed E-state index contributed by atoms with van der Waals surface area (Å²) in [6.07, 6.45) is -4.05. The van der Waals surface area contributed by atoms with Gasteiger partial charge in [0.2, 0.25) is 11.8 Å². The van der Waals surface area contributed by atoms with E-state index in [9.17, 15) is 27.6 Å². The zero-order valence-electron chi connectivity index (χ0n) is 10.5. The molecule has 0 radical (unpaired) electrons. The van der Waals surface area contributed by atoms with Crippen LogP contribution in [0.15, 0.2) is 0 Å². The van der Waals surface area contributed by atoms with Gasteiger partial charge in [0.05, 0.1) is 5.92 Å². The van der Waals surface area contributed by atoms with E-state index < -0.39 is 42.8 Å². The molecule has 20 heavy (non-hydrogen) atoms. The Hall–Kier alpha value is -1.80. The first-order valence-corrected chi connectivity index (χ1v) is 6.03. The van der Waals surface area contributed by atoms with E-state index in [1.165, 1.54) is 0 Å². The fourth-order valence-corrected chi connectivity index (χ4v) is 2.02. The first-order chi connectivity index (χ1) is 9.17. The van der Waals surface area contributed by atoms with Gasteiger partial charge in [-0.1, -0.05) is 0 Å². The maximum Gasteiger partial charge on any atom is 0.405 e. The smallest absolute Gasteiger partial charge is 0.405 e. The van der Waals surface area contributed by atoms with Crippen molar-refractivity contribution in [1.29, 1.82) is 0 Å². The maximum absolute atomic E-state index is 11.8. The molecule has 0 aromatic rings. The monoisotopic (exact) mass is 296 g/mol. The van der Waals surface area contributed by atoms with Crippen LogP contribution in [0.1, 0.15) is 25.7 Å². The molecule has 1 aliphatic rings. The Labute approximate surface area is 112 Å². The summed E-state index contributed by atoms with van der Waals surface area (Å²) in [6, 6.07) is -0.348. The van der Waals surface area contributed by atoms with Gasteiger partial charge in [-0.25, -0.2) is 0 Å². The van der Waals surface area contributed by atoms with Gasteiger partial charge in [0.1, 0.15) is 13.0 Å². The van der Waals surface area contributed by atoms with Crippen LogP contribution in [0.25, 0.3) is 0 Å². The number of rotatable bonds is 5. The van der Waals surface area contributed by atoms with E-state index in [0.717, 1.165) is 0 Å². The molecular formula is C11H15F3N2O4. The van der Waals surface area contributed by atoms with E-state index in [1.807, 2.05) is 0 Å². The molecule has 114 valence electrons. The van der Waals surface area contributed by atoms with Crippen molar-refractivity contribution in [2.75, 3.05) is 6.54 Å². The quantitative estimate of drug-likeness (QED) is 0.641. The van der Waals surface area contributed by atoms with Crippen molar-refractivity contribution in [3.05, 3.63) is 0 Å². The lowest BCUT2D eigenvalue weighted by atomic mass is 10.1. The summed E-state index contributed by atoms with van der Waals surface area (Å²) >= 11 is 0. The zero-order valence-corrected chi connectivity index (χ0v) is 10.5. The standard InChI is InChI=1S/C11H15F3N2O4/c12-11(13,14)5-15-8(17)4-9(18)16-7-2-1-6(3-7)10(19)20/h6-7H,1-5H2,(H,15,17)(H,16,18)(H,19,20)/t6-,7+/m1/s1. The fraction of sp³-hybridized carbons (Fsp3) is 0.727. The summed E-state index contributed by atoms with van der Waals surface area (Å²) in [7, 11) is 0. The SMILES string of the molecule is O=C(CC(=O)N[C@H]1CC[C@@H](C(=O)O)C1)NCC(F)(F)F. The average molecular weight is 296 g/mol. The summed E-state index contributed by atoms with van der Waals surface area (Å²) in [4.78, 5) is 33.2. The van der Waals surface area contributed by atoms with Crippen molar-refractivity contribution in [2.24, 2.45) is 5.92 Å². The second-order valence-corrected chi connectivity index (χ2v) is 4.68. The Morgan fingerprint density at radius 1 is 1.15 bits per heavy atom. The zero-order chi connectivity index (χ0) is 15.3. The molecule has 0 unspecified atom stereocenters. The molecule has 3 N–H and O–H groups in total. The van der Waals surface area contributed by atoms with E-state index in [-0.39, 0.29) is 12.5 Å². The molecule has 1 aliphatic carbocycles. The number of carbonyl (C=O) groups excluding carboxylic acids is 2. The highest BCUT2D eigenvalue weighted by atomic mass is 19.4. The molecular weight excluding hydrogens is 281 g/mol. The summed E-state index contributed by atoms with van der Waals surface area (Å²) in [6.45, 7) is -1.48.